The van der Waals surface area contributed by atoms with Crippen LogP contribution in [0.15, 0.2) is 24.3 Å². The Morgan fingerprint density at radius 3 is 2.94 bits per heavy atom. The molecule has 1 aliphatic heterocycles. The number of piperidine rings is 1. The third kappa shape index (κ3) is 3.47. The zero-order valence-corrected chi connectivity index (χ0v) is 11.3. The van der Waals surface area contributed by atoms with Crippen molar-refractivity contribution >= 4 is 17.5 Å². The molecule has 1 heterocycles. The molecule has 2 atom stereocenters. The van der Waals surface area contributed by atoms with Gasteiger partial charge < -0.3 is 10.6 Å². The largest absolute Gasteiger partial charge is 0.351 e. The van der Waals surface area contributed by atoms with E-state index in [1.807, 2.05) is 24.3 Å². The van der Waals surface area contributed by atoms with Crippen molar-refractivity contribution in [2.24, 2.45) is 0 Å². The fraction of sp³-hybridized carbons (Fsp3) is 0.500. The third-order valence-corrected chi connectivity index (χ3v) is 3.71. The van der Waals surface area contributed by atoms with Gasteiger partial charge in [-0.25, -0.2) is 0 Å². The van der Waals surface area contributed by atoms with Gasteiger partial charge >= 0.3 is 0 Å². The van der Waals surface area contributed by atoms with Gasteiger partial charge in [0.1, 0.15) is 0 Å². The molecule has 2 rings (SSSR count). The van der Waals surface area contributed by atoms with Crippen LogP contribution in [0.4, 0.5) is 0 Å². The summed E-state index contributed by atoms with van der Waals surface area (Å²) < 4.78 is 0. The second-order valence-electron chi connectivity index (χ2n) is 4.86. The Hall–Kier alpha value is -1.06. The predicted molar refractivity (Wildman–Crippen MR) is 73.5 cm³/mol. The Labute approximate surface area is 113 Å². The van der Waals surface area contributed by atoms with E-state index < -0.39 is 0 Å². The van der Waals surface area contributed by atoms with Crippen LogP contribution in [-0.4, -0.2) is 18.0 Å². The first-order chi connectivity index (χ1) is 8.66. The van der Waals surface area contributed by atoms with Crippen molar-refractivity contribution < 1.29 is 4.79 Å². The molecule has 3 nitrogen and oxygen atoms in total. The van der Waals surface area contributed by atoms with E-state index in [1.165, 1.54) is 0 Å². The molecule has 0 saturated carbocycles. The number of hydrogen-bond donors (Lipinski definition) is 2. The molecule has 0 bridgehead atoms. The molecule has 18 heavy (non-hydrogen) atoms. The molecule has 0 aliphatic carbocycles. The Bertz CT molecular complexity index is 422. The average Bonchev–Trinajstić information content (AvgIpc) is 2.37. The van der Waals surface area contributed by atoms with Crippen molar-refractivity contribution in [3.63, 3.8) is 0 Å². The highest BCUT2D eigenvalue weighted by Gasteiger charge is 2.23. The van der Waals surface area contributed by atoms with E-state index in [0.29, 0.717) is 17.6 Å². The lowest BCUT2D eigenvalue weighted by Crippen LogP contribution is -2.49. The van der Waals surface area contributed by atoms with Gasteiger partial charge in [-0.2, -0.15) is 0 Å². The Balaban J connectivity index is 1.86. The number of carbonyl (C=O) groups is 1. The summed E-state index contributed by atoms with van der Waals surface area (Å²) in [5, 5.41) is 6.96. The lowest BCUT2D eigenvalue weighted by molar-refractivity contribution is -0.124. The molecule has 98 valence electrons. The zero-order chi connectivity index (χ0) is 13.0. The molecule has 1 amide bonds. The first-order valence-corrected chi connectivity index (χ1v) is 6.82. The minimum atomic E-state index is -0.0590. The fourth-order valence-electron chi connectivity index (χ4n) is 2.29. The predicted octanol–water partition coefficient (Wildman–Crippen LogP) is 2.49. The number of carbonyl (C=O) groups excluding carboxylic acids is 1. The highest BCUT2D eigenvalue weighted by atomic mass is 35.5. The van der Waals surface area contributed by atoms with Crippen LogP contribution in [0.25, 0.3) is 0 Å². The first-order valence-electron chi connectivity index (χ1n) is 6.44. The van der Waals surface area contributed by atoms with Gasteiger partial charge in [0.15, 0.2) is 0 Å². The van der Waals surface area contributed by atoms with Gasteiger partial charge in [0.25, 0.3) is 0 Å². The molecule has 1 fully saturated rings. The highest BCUT2D eigenvalue weighted by molar-refractivity contribution is 6.31. The molecular weight excluding hydrogens is 248 g/mol. The van der Waals surface area contributed by atoms with Crippen molar-refractivity contribution in [2.75, 3.05) is 0 Å². The van der Waals surface area contributed by atoms with Crippen LogP contribution in [0.5, 0.6) is 0 Å². The van der Waals surface area contributed by atoms with Crippen LogP contribution >= 0.6 is 11.6 Å². The quantitative estimate of drug-likeness (QED) is 0.883. The Kier molecular flexibility index (Phi) is 4.61. The summed E-state index contributed by atoms with van der Waals surface area (Å²) in [6.45, 7) is 2.61. The maximum atomic E-state index is 12.0. The maximum absolute atomic E-state index is 12.0. The van der Waals surface area contributed by atoms with Crippen LogP contribution in [0.1, 0.15) is 31.7 Å². The molecule has 1 aromatic carbocycles. The standard InChI is InChI=1S/C14H19ClN2O/c1-10-5-4-8-13(17-10)14(18)16-9-11-6-2-3-7-12(11)15/h2-3,6-7,10,13,17H,4-5,8-9H2,1H3,(H,16,18). The number of rotatable bonds is 3. The van der Waals surface area contributed by atoms with Gasteiger partial charge in [-0.05, 0) is 37.8 Å². The number of benzene rings is 1. The van der Waals surface area contributed by atoms with Crippen molar-refractivity contribution in [3.05, 3.63) is 34.9 Å². The second kappa shape index (κ2) is 6.21. The number of hydrogen-bond acceptors (Lipinski definition) is 2. The van der Waals surface area contributed by atoms with E-state index in [-0.39, 0.29) is 11.9 Å². The summed E-state index contributed by atoms with van der Waals surface area (Å²) >= 11 is 6.05. The number of amides is 1. The maximum Gasteiger partial charge on any atom is 0.237 e. The molecule has 2 unspecified atom stereocenters. The molecule has 0 aromatic heterocycles. The van der Waals surface area contributed by atoms with Gasteiger partial charge in [0.2, 0.25) is 5.91 Å². The van der Waals surface area contributed by atoms with Crippen LogP contribution in [-0.2, 0) is 11.3 Å². The molecule has 1 aliphatic rings. The van der Waals surface area contributed by atoms with Gasteiger partial charge in [-0.15, -0.1) is 0 Å². The minimum Gasteiger partial charge on any atom is -0.351 e. The van der Waals surface area contributed by atoms with Gasteiger partial charge in [0.05, 0.1) is 6.04 Å². The van der Waals surface area contributed by atoms with Crippen LogP contribution < -0.4 is 10.6 Å². The van der Waals surface area contributed by atoms with Crippen LogP contribution in [0.3, 0.4) is 0 Å². The van der Waals surface area contributed by atoms with Crippen molar-refractivity contribution in [1.82, 2.24) is 10.6 Å². The minimum absolute atomic E-state index is 0.0590. The second-order valence-corrected chi connectivity index (χ2v) is 5.27. The molecule has 4 heteroatoms. The molecule has 0 spiro atoms. The van der Waals surface area contributed by atoms with Gasteiger partial charge in [-0.3, -0.25) is 4.79 Å². The lowest BCUT2D eigenvalue weighted by Gasteiger charge is -2.27. The smallest absolute Gasteiger partial charge is 0.237 e. The van der Waals surface area contributed by atoms with E-state index in [2.05, 4.69) is 17.6 Å². The monoisotopic (exact) mass is 266 g/mol. The Morgan fingerprint density at radius 2 is 2.22 bits per heavy atom. The number of nitrogens with one attached hydrogen (secondary N) is 2. The summed E-state index contributed by atoms with van der Waals surface area (Å²) in [5.41, 5.74) is 0.955. The fourth-order valence-corrected chi connectivity index (χ4v) is 2.49. The van der Waals surface area contributed by atoms with Crippen LogP contribution in [0.2, 0.25) is 5.02 Å². The van der Waals surface area contributed by atoms with Crippen LogP contribution in [0, 0.1) is 0 Å². The molecule has 2 N–H and O–H groups in total. The van der Waals surface area contributed by atoms with Gasteiger partial charge in [-0.1, -0.05) is 29.8 Å². The SMILES string of the molecule is CC1CCCC(C(=O)NCc2ccccc2Cl)N1. The summed E-state index contributed by atoms with van der Waals surface area (Å²) in [7, 11) is 0. The normalized spacial score (nSPS) is 23.7. The topological polar surface area (TPSA) is 41.1 Å². The summed E-state index contributed by atoms with van der Waals surface area (Å²) in [6, 6.07) is 7.95. The van der Waals surface area contributed by atoms with Gasteiger partial charge in [0, 0.05) is 17.6 Å². The van der Waals surface area contributed by atoms with Crippen molar-refractivity contribution in [1.29, 1.82) is 0 Å². The molecule has 1 aromatic rings. The zero-order valence-electron chi connectivity index (χ0n) is 10.6. The third-order valence-electron chi connectivity index (χ3n) is 3.34. The number of halogens is 1. The van der Waals surface area contributed by atoms with Crippen molar-refractivity contribution in [3.8, 4) is 0 Å². The summed E-state index contributed by atoms with van der Waals surface area (Å²) in [6.07, 6.45) is 3.17. The Morgan fingerprint density at radius 1 is 1.44 bits per heavy atom. The van der Waals surface area contributed by atoms with E-state index in [4.69, 9.17) is 11.6 Å². The van der Waals surface area contributed by atoms with E-state index in [9.17, 15) is 4.79 Å². The first kappa shape index (κ1) is 13.4. The van der Waals surface area contributed by atoms with Crippen molar-refractivity contribution in [2.45, 2.75) is 44.8 Å². The molecule has 0 radical (unpaired) electrons. The molecular formula is C14H19ClN2O. The van der Waals surface area contributed by atoms with E-state index >= 15 is 0 Å². The molecule has 1 saturated heterocycles. The van der Waals surface area contributed by atoms with E-state index in [1.54, 1.807) is 0 Å². The van der Waals surface area contributed by atoms with E-state index in [0.717, 1.165) is 24.8 Å². The highest BCUT2D eigenvalue weighted by Crippen LogP contribution is 2.15. The summed E-state index contributed by atoms with van der Waals surface area (Å²) in [5.74, 6) is 0.0708. The lowest BCUT2D eigenvalue weighted by atomic mass is 9.99. The summed E-state index contributed by atoms with van der Waals surface area (Å²) in [4.78, 5) is 12.0. The average molecular weight is 267 g/mol.